The zero-order valence-electron chi connectivity index (χ0n) is 9.20. The van der Waals surface area contributed by atoms with Gasteiger partial charge >= 0.3 is 0 Å². The molecular formula is C12H19NO. The van der Waals surface area contributed by atoms with E-state index in [1.807, 2.05) is 20.0 Å². The van der Waals surface area contributed by atoms with Crippen molar-refractivity contribution >= 4 is 0 Å². The summed E-state index contributed by atoms with van der Waals surface area (Å²) in [6.45, 7) is 5.55. The molecule has 0 spiro atoms. The lowest BCUT2D eigenvalue weighted by molar-refractivity contribution is 0.138. The minimum Gasteiger partial charge on any atom is -0.392 e. The van der Waals surface area contributed by atoms with Crippen molar-refractivity contribution in [1.82, 2.24) is 4.90 Å². The molecule has 1 aromatic carbocycles. The Labute approximate surface area is 86.2 Å². The Hall–Kier alpha value is -0.860. The molecule has 2 nitrogen and oxygen atoms in total. The summed E-state index contributed by atoms with van der Waals surface area (Å²) >= 11 is 0. The Balaban J connectivity index is 2.56. The first-order valence-corrected chi connectivity index (χ1v) is 5.00. The van der Waals surface area contributed by atoms with Crippen LogP contribution in [0.4, 0.5) is 0 Å². The van der Waals surface area contributed by atoms with Crippen molar-refractivity contribution in [2.45, 2.75) is 26.5 Å². The van der Waals surface area contributed by atoms with Crippen LogP contribution in [-0.2, 0) is 6.54 Å². The van der Waals surface area contributed by atoms with Gasteiger partial charge in [0.2, 0.25) is 0 Å². The highest BCUT2D eigenvalue weighted by Gasteiger charge is 2.04. The molecule has 0 amide bonds. The fraction of sp³-hybridized carbons (Fsp3) is 0.500. The molecule has 14 heavy (non-hydrogen) atoms. The molecule has 0 aliphatic carbocycles. The molecule has 1 aromatic rings. The number of hydrogen-bond donors (Lipinski definition) is 1. The number of aliphatic hydroxyl groups excluding tert-OH is 1. The second-order valence-electron chi connectivity index (χ2n) is 3.97. The first kappa shape index (κ1) is 11.2. The predicted octanol–water partition coefficient (Wildman–Crippen LogP) is 1.81. The van der Waals surface area contributed by atoms with Gasteiger partial charge in [-0.1, -0.05) is 24.3 Å². The molecule has 0 unspecified atom stereocenters. The van der Waals surface area contributed by atoms with Crippen LogP contribution < -0.4 is 0 Å². The molecule has 0 bridgehead atoms. The second-order valence-corrected chi connectivity index (χ2v) is 3.97. The Bertz CT molecular complexity index is 283. The highest BCUT2D eigenvalue weighted by atomic mass is 16.3. The van der Waals surface area contributed by atoms with Gasteiger partial charge in [-0.2, -0.15) is 0 Å². The van der Waals surface area contributed by atoms with Crippen LogP contribution in [0.1, 0.15) is 18.1 Å². The summed E-state index contributed by atoms with van der Waals surface area (Å²) in [5.41, 5.74) is 2.64. The lowest BCUT2D eigenvalue weighted by Crippen LogP contribution is -2.26. The Kier molecular flexibility index (Phi) is 4.11. The van der Waals surface area contributed by atoms with E-state index in [1.165, 1.54) is 11.1 Å². The fourth-order valence-electron chi connectivity index (χ4n) is 1.59. The minimum absolute atomic E-state index is 0.260. The molecule has 1 rings (SSSR count). The van der Waals surface area contributed by atoms with E-state index in [1.54, 1.807) is 0 Å². The third kappa shape index (κ3) is 3.48. The van der Waals surface area contributed by atoms with E-state index in [0.717, 1.165) is 6.54 Å². The lowest BCUT2D eigenvalue weighted by atomic mass is 10.1. The van der Waals surface area contributed by atoms with Gasteiger partial charge < -0.3 is 5.11 Å². The number of aliphatic hydroxyl groups is 1. The SMILES string of the molecule is Cc1ccccc1CN(C)C[C@@H](C)O. The zero-order chi connectivity index (χ0) is 10.6. The summed E-state index contributed by atoms with van der Waals surface area (Å²) in [4.78, 5) is 2.13. The molecule has 0 aliphatic heterocycles. The molecule has 0 aromatic heterocycles. The predicted molar refractivity (Wildman–Crippen MR) is 59.2 cm³/mol. The molecule has 0 fully saturated rings. The van der Waals surface area contributed by atoms with Crippen molar-refractivity contribution in [2.24, 2.45) is 0 Å². The van der Waals surface area contributed by atoms with E-state index in [-0.39, 0.29) is 6.10 Å². The van der Waals surface area contributed by atoms with E-state index in [2.05, 4.69) is 30.0 Å². The molecule has 0 saturated heterocycles. The quantitative estimate of drug-likeness (QED) is 0.788. The van der Waals surface area contributed by atoms with Crippen LogP contribution in [0.25, 0.3) is 0 Å². The van der Waals surface area contributed by atoms with Crippen molar-refractivity contribution in [3.8, 4) is 0 Å². The summed E-state index contributed by atoms with van der Waals surface area (Å²) in [5.74, 6) is 0. The molecule has 78 valence electrons. The van der Waals surface area contributed by atoms with Crippen LogP contribution in [0.15, 0.2) is 24.3 Å². The minimum atomic E-state index is -0.260. The van der Waals surface area contributed by atoms with Crippen LogP contribution in [0.5, 0.6) is 0 Å². The standard InChI is InChI=1S/C12H19NO/c1-10-6-4-5-7-12(10)9-13(3)8-11(2)14/h4-7,11,14H,8-9H2,1-3H3/t11-/m1/s1. The molecule has 2 heteroatoms. The van der Waals surface area contributed by atoms with E-state index < -0.39 is 0 Å². The van der Waals surface area contributed by atoms with Crippen LogP contribution in [-0.4, -0.2) is 29.7 Å². The van der Waals surface area contributed by atoms with E-state index in [9.17, 15) is 5.11 Å². The normalized spacial score (nSPS) is 13.2. The Morgan fingerprint density at radius 2 is 2.00 bits per heavy atom. The van der Waals surface area contributed by atoms with Gasteiger partial charge in [-0.15, -0.1) is 0 Å². The van der Waals surface area contributed by atoms with Crippen LogP contribution in [0, 0.1) is 6.92 Å². The maximum Gasteiger partial charge on any atom is 0.0639 e. The van der Waals surface area contributed by atoms with Gasteiger partial charge in [-0.3, -0.25) is 4.90 Å². The van der Waals surface area contributed by atoms with Crippen molar-refractivity contribution in [3.63, 3.8) is 0 Å². The first-order valence-electron chi connectivity index (χ1n) is 5.00. The molecular weight excluding hydrogens is 174 g/mol. The van der Waals surface area contributed by atoms with E-state index in [4.69, 9.17) is 0 Å². The number of rotatable bonds is 4. The van der Waals surface area contributed by atoms with Gasteiger partial charge in [0.05, 0.1) is 6.10 Å². The van der Waals surface area contributed by atoms with Gasteiger partial charge in [0, 0.05) is 13.1 Å². The summed E-state index contributed by atoms with van der Waals surface area (Å²) in [7, 11) is 2.03. The third-order valence-corrected chi connectivity index (χ3v) is 2.28. The third-order valence-electron chi connectivity index (χ3n) is 2.28. The average Bonchev–Trinajstić information content (AvgIpc) is 2.07. The molecule has 1 N–H and O–H groups in total. The van der Waals surface area contributed by atoms with Crippen LogP contribution >= 0.6 is 0 Å². The van der Waals surface area contributed by atoms with Crippen LogP contribution in [0.3, 0.4) is 0 Å². The Morgan fingerprint density at radius 3 is 2.57 bits per heavy atom. The van der Waals surface area contributed by atoms with Crippen molar-refractivity contribution < 1.29 is 5.11 Å². The molecule has 0 radical (unpaired) electrons. The highest BCUT2D eigenvalue weighted by Crippen LogP contribution is 2.09. The van der Waals surface area contributed by atoms with E-state index in [0.29, 0.717) is 6.54 Å². The van der Waals surface area contributed by atoms with E-state index >= 15 is 0 Å². The largest absolute Gasteiger partial charge is 0.392 e. The summed E-state index contributed by atoms with van der Waals surface area (Å²) < 4.78 is 0. The number of hydrogen-bond acceptors (Lipinski definition) is 2. The maximum absolute atomic E-state index is 9.23. The summed E-state index contributed by atoms with van der Waals surface area (Å²) in [5, 5.41) is 9.23. The number of aryl methyl sites for hydroxylation is 1. The summed E-state index contributed by atoms with van der Waals surface area (Å²) in [6, 6.07) is 8.35. The molecule has 0 aliphatic rings. The smallest absolute Gasteiger partial charge is 0.0639 e. The van der Waals surface area contributed by atoms with Crippen molar-refractivity contribution in [1.29, 1.82) is 0 Å². The molecule has 0 saturated carbocycles. The van der Waals surface area contributed by atoms with Gasteiger partial charge in [-0.25, -0.2) is 0 Å². The molecule has 0 heterocycles. The van der Waals surface area contributed by atoms with Gasteiger partial charge in [0.15, 0.2) is 0 Å². The van der Waals surface area contributed by atoms with Crippen LogP contribution in [0.2, 0.25) is 0 Å². The first-order chi connectivity index (χ1) is 6.59. The van der Waals surface area contributed by atoms with Gasteiger partial charge in [-0.05, 0) is 32.0 Å². The van der Waals surface area contributed by atoms with Crippen molar-refractivity contribution in [3.05, 3.63) is 35.4 Å². The molecule has 1 atom stereocenters. The number of benzene rings is 1. The number of nitrogens with zero attached hydrogens (tertiary/aromatic N) is 1. The van der Waals surface area contributed by atoms with Gasteiger partial charge in [0.1, 0.15) is 0 Å². The Morgan fingerprint density at radius 1 is 1.36 bits per heavy atom. The topological polar surface area (TPSA) is 23.5 Å². The fourth-order valence-corrected chi connectivity index (χ4v) is 1.59. The lowest BCUT2D eigenvalue weighted by Gasteiger charge is -2.19. The van der Waals surface area contributed by atoms with Crippen molar-refractivity contribution in [2.75, 3.05) is 13.6 Å². The van der Waals surface area contributed by atoms with Gasteiger partial charge in [0.25, 0.3) is 0 Å². The summed E-state index contributed by atoms with van der Waals surface area (Å²) in [6.07, 6.45) is -0.260. The monoisotopic (exact) mass is 193 g/mol. The second kappa shape index (κ2) is 5.13. The zero-order valence-corrected chi connectivity index (χ0v) is 9.20. The number of likely N-dealkylation sites (N-methyl/N-ethyl adjacent to an activating group) is 1. The maximum atomic E-state index is 9.23. The highest BCUT2D eigenvalue weighted by molar-refractivity contribution is 5.25. The average molecular weight is 193 g/mol.